The normalized spacial score (nSPS) is 11.0. The highest BCUT2D eigenvalue weighted by atomic mass is 127. The van der Waals surface area contributed by atoms with Gasteiger partial charge < -0.3 is 30.5 Å². The van der Waals surface area contributed by atoms with Crippen LogP contribution in [-0.4, -0.2) is 65.6 Å². The van der Waals surface area contributed by atoms with Crippen LogP contribution in [0.4, 0.5) is 40.6 Å². The molecule has 4 aromatic carbocycles. The molecular formula is C51H50F4IN9O5. The molecule has 0 aliphatic rings. The van der Waals surface area contributed by atoms with Gasteiger partial charge in [-0.05, 0) is 111 Å². The van der Waals surface area contributed by atoms with Crippen molar-refractivity contribution in [2.75, 3.05) is 23.8 Å². The first-order valence-electron chi connectivity index (χ1n) is 21.3. The number of fused-ring (bicyclic) bond motifs is 2. The van der Waals surface area contributed by atoms with Crippen LogP contribution in [0.15, 0.2) is 122 Å². The van der Waals surface area contributed by atoms with E-state index in [-0.39, 0.29) is 47.7 Å². The highest BCUT2D eigenvalue weighted by molar-refractivity contribution is 14.0. The molecule has 364 valence electrons. The molecule has 14 nitrogen and oxygen atoms in total. The highest BCUT2D eigenvalue weighted by Gasteiger charge is 2.17. The topological polar surface area (TPSA) is 186 Å². The Morgan fingerprint density at radius 3 is 1.37 bits per heavy atom. The lowest BCUT2D eigenvalue weighted by atomic mass is 10.0. The lowest BCUT2D eigenvalue weighted by Crippen LogP contribution is -2.43. The number of ether oxygens (including phenoxy) is 2. The van der Waals surface area contributed by atoms with E-state index in [1.54, 1.807) is 79.4 Å². The predicted molar refractivity (Wildman–Crippen MR) is 272 cm³/mol. The number of hydrogen-bond acceptors (Lipinski definition) is 12. The van der Waals surface area contributed by atoms with Crippen molar-refractivity contribution in [3.63, 3.8) is 0 Å². The van der Waals surface area contributed by atoms with Crippen LogP contribution in [0.25, 0.3) is 44.6 Å². The molecule has 0 atom stereocenters. The summed E-state index contributed by atoms with van der Waals surface area (Å²) in [5, 5.41) is 18.7. The first-order chi connectivity index (χ1) is 32.7. The summed E-state index contributed by atoms with van der Waals surface area (Å²) in [7, 11) is 0. The number of nitrogens with one attached hydrogen (secondary N) is 3. The van der Waals surface area contributed by atoms with Gasteiger partial charge in [0, 0.05) is 75.7 Å². The number of aromatic nitrogens is 6. The molecule has 0 aliphatic heterocycles. The summed E-state index contributed by atoms with van der Waals surface area (Å²) in [4.78, 5) is 49.3. The average molecular weight is 1070 g/mol. The third-order valence-corrected chi connectivity index (χ3v) is 8.79. The Kier molecular flexibility index (Phi) is 18.0. The second kappa shape index (κ2) is 23.6. The molecule has 0 bridgehead atoms. The van der Waals surface area contributed by atoms with Gasteiger partial charge in [-0.1, -0.05) is 27.7 Å². The van der Waals surface area contributed by atoms with E-state index >= 15 is 0 Å². The third kappa shape index (κ3) is 16.0. The zero-order valence-corrected chi connectivity index (χ0v) is 41.5. The maximum atomic E-state index is 13.8. The number of carbonyl (C=O) groups excluding carboxylic acids is 1. The Bertz CT molecular complexity index is 3080. The molecule has 1 amide bonds. The van der Waals surface area contributed by atoms with Crippen molar-refractivity contribution < 1.29 is 41.7 Å². The van der Waals surface area contributed by atoms with E-state index in [4.69, 9.17) is 14.6 Å². The van der Waals surface area contributed by atoms with Gasteiger partial charge in [-0.15, -0.1) is 24.0 Å². The van der Waals surface area contributed by atoms with Crippen molar-refractivity contribution in [1.29, 1.82) is 0 Å². The number of benzene rings is 4. The van der Waals surface area contributed by atoms with Crippen LogP contribution in [0.2, 0.25) is 0 Å². The minimum absolute atomic E-state index is 0. The molecule has 0 aliphatic carbocycles. The van der Waals surface area contributed by atoms with E-state index in [1.165, 1.54) is 12.1 Å². The van der Waals surface area contributed by atoms with Crippen LogP contribution in [0.3, 0.4) is 0 Å². The van der Waals surface area contributed by atoms with Crippen LogP contribution in [-0.2, 0) is 9.59 Å². The van der Waals surface area contributed by atoms with Gasteiger partial charge in [-0.3, -0.25) is 14.8 Å². The molecule has 4 heterocycles. The second-order valence-corrected chi connectivity index (χ2v) is 17.9. The van der Waals surface area contributed by atoms with Gasteiger partial charge in [0.15, 0.2) is 48.1 Å². The number of amides is 1. The first-order valence-corrected chi connectivity index (χ1v) is 21.3. The molecule has 8 rings (SSSR count). The van der Waals surface area contributed by atoms with Gasteiger partial charge in [-0.2, -0.15) is 0 Å². The zero-order valence-electron chi connectivity index (χ0n) is 39.1. The number of aliphatic carboxylic acids is 1. The lowest BCUT2D eigenvalue weighted by Gasteiger charge is -2.20. The van der Waals surface area contributed by atoms with Crippen LogP contribution >= 0.6 is 24.0 Å². The molecule has 0 fully saturated rings. The number of pyridine rings is 2. The van der Waals surface area contributed by atoms with Crippen molar-refractivity contribution in [2.45, 2.75) is 54.0 Å². The van der Waals surface area contributed by atoms with E-state index in [9.17, 15) is 27.2 Å². The number of carbonyl (C=O) groups is 2. The minimum atomic E-state index is -1.11. The molecule has 4 N–H and O–H groups in total. The van der Waals surface area contributed by atoms with Gasteiger partial charge in [0.2, 0.25) is 0 Å². The first kappa shape index (κ1) is 53.4. The minimum Gasteiger partial charge on any atom is -0.484 e. The number of carboxylic acid groups (broad SMARTS) is 1. The molecule has 8 aromatic rings. The highest BCUT2D eigenvalue weighted by Crippen LogP contribution is 2.32. The standard InChI is InChI=1S/C25H23F2N5O2.C21H14F2N4O3.C5H12.HI/c1-25(2,3)32-22(33)14-34-17-7-9-21-18(12-17)24(29-16-6-8-19(26)20(27)11-16)31-23(30-21)15-5-4-10-28-13-15;22-16-5-3-13(8-17(16)23)25-21-15-9-14(30-11-19(28)29)4-6-18(15)26-20(27-21)12-2-1-7-24-10-12;1-5(2,3)4;/h4-13H,14H2,1-3H3,(H,32,33)(H,29,30,31);1-10H,11H2,(H,28,29)(H,25,26,27);1-4H3;1H. The van der Waals surface area contributed by atoms with Crippen LogP contribution < -0.4 is 25.4 Å². The monoisotopic (exact) mass is 1070 g/mol. The van der Waals surface area contributed by atoms with Crippen molar-refractivity contribution in [2.24, 2.45) is 5.41 Å². The Morgan fingerprint density at radius 1 is 0.571 bits per heavy atom. The zero-order chi connectivity index (χ0) is 49.9. The summed E-state index contributed by atoms with van der Waals surface area (Å²) in [6.07, 6.45) is 6.50. The molecule has 0 unspecified atom stereocenters. The van der Waals surface area contributed by atoms with Crippen molar-refractivity contribution in [3.8, 4) is 34.3 Å². The van der Waals surface area contributed by atoms with E-state index in [0.29, 0.717) is 78.8 Å². The Morgan fingerprint density at radius 2 is 1.00 bits per heavy atom. The largest absolute Gasteiger partial charge is 0.484 e. The molecule has 0 saturated heterocycles. The number of hydrogen-bond donors (Lipinski definition) is 4. The summed E-state index contributed by atoms with van der Waals surface area (Å²) in [5.74, 6) is -3.07. The van der Waals surface area contributed by atoms with E-state index in [0.717, 1.165) is 24.3 Å². The maximum absolute atomic E-state index is 13.8. The third-order valence-electron chi connectivity index (χ3n) is 8.79. The summed E-state index contributed by atoms with van der Waals surface area (Å²) in [6, 6.07) is 24.0. The van der Waals surface area contributed by atoms with Gasteiger partial charge in [0.25, 0.3) is 5.91 Å². The fourth-order valence-electron chi connectivity index (χ4n) is 6.00. The predicted octanol–water partition coefficient (Wildman–Crippen LogP) is 11.9. The van der Waals surface area contributed by atoms with Crippen molar-refractivity contribution in [3.05, 3.63) is 145 Å². The van der Waals surface area contributed by atoms with Crippen molar-refractivity contribution >= 4 is 80.7 Å². The molecule has 0 radical (unpaired) electrons. The summed E-state index contributed by atoms with van der Waals surface area (Å²) < 4.78 is 65.0. The van der Waals surface area contributed by atoms with Gasteiger partial charge in [0.1, 0.15) is 23.1 Å². The Labute approximate surface area is 418 Å². The van der Waals surface area contributed by atoms with Crippen LogP contribution in [0, 0.1) is 28.7 Å². The number of rotatable bonds is 12. The number of anilines is 4. The van der Waals surface area contributed by atoms with Gasteiger partial charge in [0.05, 0.1) is 11.0 Å². The quantitative estimate of drug-likeness (QED) is 0.0669. The Hall–Kier alpha value is -7.55. The van der Waals surface area contributed by atoms with E-state index < -0.39 is 35.8 Å². The lowest BCUT2D eigenvalue weighted by molar-refractivity contribution is -0.139. The number of halogens is 5. The molecule has 0 saturated carbocycles. The second-order valence-electron chi connectivity index (χ2n) is 17.9. The average Bonchev–Trinajstić information content (AvgIpc) is 3.29. The summed E-state index contributed by atoms with van der Waals surface area (Å²) in [5.41, 5.74) is 3.20. The van der Waals surface area contributed by atoms with Crippen molar-refractivity contribution in [1.82, 2.24) is 35.2 Å². The molecule has 0 spiro atoms. The molecule has 4 aromatic heterocycles. The van der Waals surface area contributed by atoms with E-state index in [2.05, 4.69) is 73.5 Å². The van der Waals surface area contributed by atoms with Crippen LogP contribution in [0.1, 0.15) is 48.5 Å². The fraction of sp³-hybridized carbons (Fsp3) is 0.216. The molecular weight excluding hydrogens is 1020 g/mol. The molecule has 19 heteroatoms. The summed E-state index contributed by atoms with van der Waals surface area (Å²) >= 11 is 0. The maximum Gasteiger partial charge on any atom is 0.341 e. The van der Waals surface area contributed by atoms with E-state index in [1.807, 2.05) is 26.8 Å². The Balaban J connectivity index is 0.000000236. The fourth-order valence-corrected chi connectivity index (χ4v) is 6.00. The summed E-state index contributed by atoms with van der Waals surface area (Å²) in [6.45, 7) is 13.7. The number of nitrogens with zero attached hydrogens (tertiary/aromatic N) is 6. The SMILES string of the molecule is CC(C)(C)C.CC(C)(C)NC(=O)COc1ccc2nc(-c3cccnc3)nc(Nc3ccc(F)c(F)c3)c2c1.I.O=C(O)COc1ccc2nc(-c3cccnc3)nc(Nc3ccc(F)c(F)c3)c2c1. The van der Waals surface area contributed by atoms with Crippen LogP contribution in [0.5, 0.6) is 11.5 Å². The molecule has 70 heavy (non-hydrogen) atoms. The van der Waals surface area contributed by atoms with Gasteiger partial charge in [-0.25, -0.2) is 42.3 Å². The smallest absolute Gasteiger partial charge is 0.341 e. The van der Waals surface area contributed by atoms with Gasteiger partial charge >= 0.3 is 5.97 Å². The number of carboxylic acids is 1.